The number of hydrogen-bond donors (Lipinski definition) is 0. The molecule has 7 heteroatoms. The van der Waals surface area contributed by atoms with Gasteiger partial charge in [0.05, 0.1) is 19.3 Å². The Morgan fingerprint density at radius 2 is 2.16 bits per heavy atom. The fraction of sp³-hybridized carbons (Fsp3) is 0.250. The molecule has 0 amide bonds. The van der Waals surface area contributed by atoms with E-state index in [0.717, 1.165) is 0 Å². The highest BCUT2D eigenvalue weighted by atomic mass is 32.2. The van der Waals surface area contributed by atoms with Crippen molar-refractivity contribution in [3.63, 3.8) is 0 Å². The summed E-state index contributed by atoms with van der Waals surface area (Å²) in [6.07, 6.45) is 3.19. The van der Waals surface area contributed by atoms with Crippen LogP contribution in [0.1, 0.15) is 0 Å². The molecule has 2 aromatic rings. The minimum absolute atomic E-state index is 0.0982. The summed E-state index contributed by atoms with van der Waals surface area (Å²) in [5, 5.41) is 1.76. The topological polar surface area (TPSA) is 59.5 Å². The Bertz CT molecular complexity index is 635. The van der Waals surface area contributed by atoms with Crippen LogP contribution in [0.25, 0.3) is 0 Å². The molecule has 1 saturated heterocycles. The molecule has 1 aliphatic heterocycles. The van der Waals surface area contributed by atoms with Crippen molar-refractivity contribution < 1.29 is 13.2 Å². The normalized spacial score (nSPS) is 17.1. The van der Waals surface area contributed by atoms with E-state index in [-0.39, 0.29) is 6.10 Å². The summed E-state index contributed by atoms with van der Waals surface area (Å²) in [7, 11) is -3.33. The van der Waals surface area contributed by atoms with E-state index in [1.165, 1.54) is 15.6 Å². The van der Waals surface area contributed by atoms with E-state index < -0.39 is 10.0 Å². The summed E-state index contributed by atoms with van der Waals surface area (Å²) in [6.45, 7) is 0.768. The Kier molecular flexibility index (Phi) is 3.26. The van der Waals surface area contributed by atoms with Gasteiger partial charge in [-0.1, -0.05) is 6.07 Å². The third-order valence-electron chi connectivity index (χ3n) is 2.84. The number of thiophene rings is 1. The molecule has 0 spiro atoms. The average Bonchev–Trinajstić information content (AvgIpc) is 2.89. The minimum atomic E-state index is -3.33. The smallest absolute Gasteiger partial charge is 0.252 e. The molecule has 3 rings (SSSR count). The number of nitrogens with zero attached hydrogens (tertiary/aromatic N) is 2. The predicted molar refractivity (Wildman–Crippen MR) is 71.7 cm³/mol. The first kappa shape index (κ1) is 12.6. The van der Waals surface area contributed by atoms with Crippen LogP contribution in [0.3, 0.4) is 0 Å². The molecule has 1 aliphatic rings. The van der Waals surface area contributed by atoms with Crippen molar-refractivity contribution in [3.8, 4) is 5.75 Å². The van der Waals surface area contributed by atoms with Crippen LogP contribution < -0.4 is 4.74 Å². The van der Waals surface area contributed by atoms with E-state index in [4.69, 9.17) is 4.74 Å². The van der Waals surface area contributed by atoms with Gasteiger partial charge < -0.3 is 4.74 Å². The van der Waals surface area contributed by atoms with Gasteiger partial charge in [0.25, 0.3) is 10.0 Å². The summed E-state index contributed by atoms with van der Waals surface area (Å²) >= 11 is 1.23. The van der Waals surface area contributed by atoms with Crippen LogP contribution in [0.2, 0.25) is 0 Å². The molecule has 0 saturated carbocycles. The van der Waals surface area contributed by atoms with Crippen molar-refractivity contribution in [2.45, 2.75) is 10.3 Å². The van der Waals surface area contributed by atoms with Gasteiger partial charge in [0.1, 0.15) is 16.1 Å². The first-order valence-electron chi connectivity index (χ1n) is 5.76. The lowest BCUT2D eigenvalue weighted by Crippen LogP contribution is -2.55. The molecule has 0 unspecified atom stereocenters. The molecule has 2 aromatic heterocycles. The van der Waals surface area contributed by atoms with Crippen molar-refractivity contribution in [2.24, 2.45) is 0 Å². The molecular weight excluding hydrogens is 284 g/mol. The number of aromatic nitrogens is 1. The van der Waals surface area contributed by atoms with Gasteiger partial charge in [-0.2, -0.15) is 4.31 Å². The second-order valence-corrected chi connectivity index (χ2v) is 7.30. The van der Waals surface area contributed by atoms with Crippen LogP contribution in [0.5, 0.6) is 5.75 Å². The molecule has 0 radical (unpaired) electrons. The minimum Gasteiger partial charge on any atom is -0.486 e. The second-order valence-electron chi connectivity index (χ2n) is 4.18. The Balaban J connectivity index is 1.62. The van der Waals surface area contributed by atoms with E-state index in [1.807, 2.05) is 6.07 Å². The predicted octanol–water partition coefficient (Wildman–Crippen LogP) is 1.60. The van der Waals surface area contributed by atoms with E-state index in [1.54, 1.807) is 36.0 Å². The Morgan fingerprint density at radius 3 is 2.79 bits per heavy atom. The second kappa shape index (κ2) is 4.92. The Labute approximate surface area is 115 Å². The molecular formula is C12H12N2O3S2. The lowest BCUT2D eigenvalue weighted by molar-refractivity contribution is 0.0760. The number of rotatable bonds is 4. The van der Waals surface area contributed by atoms with Gasteiger partial charge in [-0.25, -0.2) is 8.42 Å². The first-order valence-corrected chi connectivity index (χ1v) is 8.08. The number of ether oxygens (including phenoxy) is 1. The van der Waals surface area contributed by atoms with Crippen LogP contribution in [0, 0.1) is 0 Å². The lowest BCUT2D eigenvalue weighted by Gasteiger charge is -2.37. The third-order valence-corrected chi connectivity index (χ3v) is 6.05. The molecule has 0 atom stereocenters. The lowest BCUT2D eigenvalue weighted by atomic mass is 10.2. The van der Waals surface area contributed by atoms with Crippen LogP contribution in [0.15, 0.2) is 46.2 Å². The van der Waals surface area contributed by atoms with Crippen molar-refractivity contribution >= 4 is 21.4 Å². The third kappa shape index (κ3) is 2.49. The SMILES string of the molecule is O=S(=O)(c1cccs1)N1CC(Oc2cccnc2)C1. The number of sulfonamides is 1. The molecule has 3 heterocycles. The zero-order chi connectivity index (χ0) is 13.3. The van der Waals surface area contributed by atoms with Crippen molar-refractivity contribution in [2.75, 3.05) is 13.1 Å². The van der Waals surface area contributed by atoms with Crippen LogP contribution in [-0.2, 0) is 10.0 Å². The zero-order valence-corrected chi connectivity index (χ0v) is 11.6. The van der Waals surface area contributed by atoms with Gasteiger partial charge in [-0.15, -0.1) is 11.3 Å². The maximum absolute atomic E-state index is 12.1. The summed E-state index contributed by atoms with van der Waals surface area (Å²) in [5.41, 5.74) is 0. The molecule has 100 valence electrons. The zero-order valence-electron chi connectivity index (χ0n) is 9.97. The highest BCUT2D eigenvalue weighted by Crippen LogP contribution is 2.26. The molecule has 19 heavy (non-hydrogen) atoms. The average molecular weight is 296 g/mol. The highest BCUT2D eigenvalue weighted by molar-refractivity contribution is 7.91. The van der Waals surface area contributed by atoms with Gasteiger partial charge >= 0.3 is 0 Å². The summed E-state index contributed by atoms with van der Waals surface area (Å²) in [5.74, 6) is 0.667. The largest absolute Gasteiger partial charge is 0.486 e. The standard InChI is InChI=1S/C12H12N2O3S2/c15-19(16,12-4-2-6-18-12)14-8-11(9-14)17-10-3-1-5-13-7-10/h1-7,11H,8-9H2. The van der Waals surface area contributed by atoms with Crippen LogP contribution in [-0.4, -0.2) is 36.9 Å². The number of pyridine rings is 1. The van der Waals surface area contributed by atoms with Crippen molar-refractivity contribution in [1.82, 2.24) is 9.29 Å². The summed E-state index contributed by atoms with van der Waals surface area (Å²) in [6, 6.07) is 6.95. The van der Waals surface area contributed by atoms with E-state index in [0.29, 0.717) is 23.0 Å². The van der Waals surface area contributed by atoms with Gasteiger partial charge in [0.15, 0.2) is 0 Å². The quantitative estimate of drug-likeness (QED) is 0.860. The Hall–Kier alpha value is -1.44. The maximum atomic E-state index is 12.1. The van der Waals surface area contributed by atoms with E-state index >= 15 is 0 Å². The van der Waals surface area contributed by atoms with Gasteiger partial charge in [-0.3, -0.25) is 4.98 Å². The van der Waals surface area contributed by atoms with Crippen molar-refractivity contribution in [3.05, 3.63) is 42.0 Å². The fourth-order valence-electron chi connectivity index (χ4n) is 1.82. The molecule has 0 aromatic carbocycles. The Morgan fingerprint density at radius 1 is 1.32 bits per heavy atom. The van der Waals surface area contributed by atoms with Crippen molar-refractivity contribution in [1.29, 1.82) is 0 Å². The molecule has 1 fully saturated rings. The van der Waals surface area contributed by atoms with Gasteiger partial charge in [0.2, 0.25) is 0 Å². The summed E-state index contributed by atoms with van der Waals surface area (Å²) in [4.78, 5) is 3.95. The highest BCUT2D eigenvalue weighted by Gasteiger charge is 2.38. The molecule has 0 N–H and O–H groups in total. The summed E-state index contributed by atoms with van der Waals surface area (Å²) < 4.78 is 31.7. The van der Waals surface area contributed by atoms with Gasteiger partial charge in [0, 0.05) is 6.20 Å². The van der Waals surface area contributed by atoms with E-state index in [9.17, 15) is 8.42 Å². The van der Waals surface area contributed by atoms with E-state index in [2.05, 4.69) is 4.98 Å². The molecule has 0 bridgehead atoms. The monoisotopic (exact) mass is 296 g/mol. The fourth-order valence-corrected chi connectivity index (χ4v) is 4.47. The maximum Gasteiger partial charge on any atom is 0.252 e. The van der Waals surface area contributed by atoms with Gasteiger partial charge in [-0.05, 0) is 23.6 Å². The number of hydrogen-bond acceptors (Lipinski definition) is 5. The molecule has 5 nitrogen and oxygen atoms in total. The van der Waals surface area contributed by atoms with Crippen LogP contribution >= 0.6 is 11.3 Å². The first-order chi connectivity index (χ1) is 9.16. The van der Waals surface area contributed by atoms with Crippen LogP contribution in [0.4, 0.5) is 0 Å². The molecule has 0 aliphatic carbocycles.